The van der Waals surface area contributed by atoms with Crippen LogP contribution in [0.5, 0.6) is 17.2 Å². The van der Waals surface area contributed by atoms with Gasteiger partial charge in [0.25, 0.3) is 0 Å². The fourth-order valence-corrected chi connectivity index (χ4v) is 8.62. The van der Waals surface area contributed by atoms with Crippen LogP contribution in [-0.4, -0.2) is 67.2 Å². The average molecular weight is 814 g/mol. The highest BCUT2D eigenvalue weighted by molar-refractivity contribution is 6.35. The summed E-state index contributed by atoms with van der Waals surface area (Å²) in [5.41, 5.74) is 4.04. The molecule has 4 aromatic carbocycles. The summed E-state index contributed by atoms with van der Waals surface area (Å²) in [7, 11) is 3.06. The van der Waals surface area contributed by atoms with E-state index >= 15 is 0 Å². The number of rotatable bonds is 14. The SMILES string of the molecule is COc1ccc(C(Cc2c(Cl)c[n+](O)cc2Cl)c2c(COc3cccc(C(NC(=O)O[C@H]4CN5CCC4CC5)c4ccccc4)c3)cccc2C(=O)O)cc1OC. The van der Waals surface area contributed by atoms with Crippen LogP contribution in [0.1, 0.15) is 68.5 Å². The molecule has 13 heteroatoms. The van der Waals surface area contributed by atoms with Crippen LogP contribution < -0.4 is 24.3 Å². The number of aromatic nitrogens is 1. The first-order chi connectivity index (χ1) is 27.6. The Hall–Kier alpha value is -5.49. The predicted octanol–water partition coefficient (Wildman–Crippen LogP) is 8.10. The van der Waals surface area contributed by atoms with E-state index in [1.54, 1.807) is 24.3 Å². The molecule has 2 unspecified atom stereocenters. The van der Waals surface area contributed by atoms with Gasteiger partial charge in [0.2, 0.25) is 12.4 Å². The van der Waals surface area contributed by atoms with Crippen molar-refractivity contribution in [3.8, 4) is 17.2 Å². The largest absolute Gasteiger partial charge is 0.493 e. The van der Waals surface area contributed by atoms with Gasteiger partial charge in [0, 0.05) is 22.8 Å². The van der Waals surface area contributed by atoms with Crippen LogP contribution in [0.3, 0.4) is 0 Å². The maximum absolute atomic E-state index is 13.4. The number of fused-ring (bicyclic) bond motifs is 3. The highest BCUT2D eigenvalue weighted by Crippen LogP contribution is 2.40. The van der Waals surface area contributed by atoms with Gasteiger partial charge in [-0.05, 0) is 96.4 Å². The van der Waals surface area contributed by atoms with Gasteiger partial charge >= 0.3 is 12.1 Å². The molecule has 3 fully saturated rings. The first-order valence-electron chi connectivity index (χ1n) is 18.7. The minimum atomic E-state index is -1.13. The lowest BCUT2D eigenvalue weighted by Crippen LogP contribution is -2.52. The Balaban J connectivity index is 1.21. The molecule has 11 nitrogen and oxygen atoms in total. The highest BCUT2D eigenvalue weighted by Gasteiger charge is 2.37. The molecule has 3 N–H and O–H groups in total. The summed E-state index contributed by atoms with van der Waals surface area (Å²) in [6.07, 6.45) is 4.26. The third kappa shape index (κ3) is 9.06. The molecule has 1 amide bonds. The number of methoxy groups -OCH3 is 2. The van der Waals surface area contributed by atoms with E-state index in [9.17, 15) is 19.9 Å². The highest BCUT2D eigenvalue weighted by atomic mass is 35.5. The zero-order chi connectivity index (χ0) is 40.1. The molecule has 4 heterocycles. The number of aromatic carboxylic acids is 1. The van der Waals surface area contributed by atoms with Crippen LogP contribution in [-0.2, 0) is 17.8 Å². The van der Waals surface area contributed by atoms with E-state index in [1.165, 1.54) is 26.6 Å². The van der Waals surface area contributed by atoms with Crippen molar-refractivity contribution in [2.24, 2.45) is 5.92 Å². The molecule has 296 valence electrons. The number of benzene rings is 4. The molecule has 0 saturated carbocycles. The summed E-state index contributed by atoms with van der Waals surface area (Å²) in [5.74, 6) is 0.0902. The smallest absolute Gasteiger partial charge is 0.408 e. The van der Waals surface area contributed by atoms with Gasteiger partial charge in [0.1, 0.15) is 28.5 Å². The molecule has 57 heavy (non-hydrogen) atoms. The van der Waals surface area contributed by atoms with Crippen LogP contribution in [0.25, 0.3) is 0 Å². The second-order valence-corrected chi connectivity index (χ2v) is 15.1. The topological polar surface area (TPSA) is 131 Å². The van der Waals surface area contributed by atoms with E-state index in [1.807, 2.05) is 66.7 Å². The Morgan fingerprint density at radius 1 is 0.860 bits per heavy atom. The lowest BCUT2D eigenvalue weighted by atomic mass is 9.81. The molecule has 3 atom stereocenters. The number of carboxylic acid groups (broad SMARTS) is 1. The van der Waals surface area contributed by atoms with Gasteiger partial charge in [0.05, 0.1) is 25.8 Å². The summed E-state index contributed by atoms with van der Waals surface area (Å²) in [6, 6.07) is 27.1. The fraction of sp³-hybridized carbons (Fsp3) is 0.295. The van der Waals surface area contributed by atoms with Gasteiger partial charge < -0.3 is 29.4 Å². The molecule has 3 aliphatic rings. The number of ether oxygens (including phenoxy) is 4. The molecular formula is C44H44Cl2N3O8+. The lowest BCUT2D eigenvalue weighted by Gasteiger charge is -2.43. The number of nitrogens with zero attached hydrogens (tertiary/aromatic N) is 2. The van der Waals surface area contributed by atoms with Gasteiger partial charge in [-0.1, -0.05) is 83.9 Å². The zero-order valence-electron chi connectivity index (χ0n) is 31.6. The molecule has 0 aliphatic carbocycles. The third-order valence-electron chi connectivity index (χ3n) is 10.9. The molecule has 3 saturated heterocycles. The molecule has 8 rings (SSSR count). The average Bonchev–Trinajstić information content (AvgIpc) is 3.22. The molecule has 3 aliphatic heterocycles. The van der Waals surface area contributed by atoms with Gasteiger partial charge in [0.15, 0.2) is 11.5 Å². The number of hydrogen-bond acceptors (Lipinski definition) is 8. The number of carboxylic acids is 1. The number of pyridine rings is 1. The maximum Gasteiger partial charge on any atom is 0.408 e. The van der Waals surface area contributed by atoms with E-state index < -0.39 is 24.0 Å². The van der Waals surface area contributed by atoms with E-state index in [2.05, 4.69) is 10.2 Å². The summed E-state index contributed by atoms with van der Waals surface area (Å²) in [5, 5.41) is 24.2. The van der Waals surface area contributed by atoms with Crippen LogP contribution in [0.4, 0.5) is 4.79 Å². The van der Waals surface area contributed by atoms with Crippen LogP contribution in [0.2, 0.25) is 10.0 Å². The number of amides is 1. The first kappa shape index (κ1) is 39.7. The van der Waals surface area contributed by atoms with Crippen molar-refractivity contribution < 1.29 is 43.6 Å². The predicted molar refractivity (Wildman–Crippen MR) is 214 cm³/mol. The fourth-order valence-electron chi connectivity index (χ4n) is 8.01. The Morgan fingerprint density at radius 3 is 2.23 bits per heavy atom. The standard InChI is InChI=1S/C44H43Cl2N3O8/c1-54-38-15-14-29(21-39(38)55-2)34(22-35-36(45)23-49(53)24-37(35)46)41-31(11-7-13-33(41)43(50)51)26-56-32-12-6-10-30(20-32)42(28-8-4-3-5-9-28)47-44(52)57-40-25-48-18-16-27(40)17-19-48/h3-15,20-21,23-24,27,34,40,42H,16-19,22,25-26H2,1-2H3,(H2-,47,50,51,52,53)/p+1/t34?,40-,42?/m0/s1. The minimum Gasteiger partial charge on any atom is -0.493 e. The number of nitrogens with one attached hydrogen (secondary N) is 1. The molecule has 1 aromatic heterocycles. The van der Waals surface area contributed by atoms with Crippen molar-refractivity contribution in [1.82, 2.24) is 10.2 Å². The van der Waals surface area contributed by atoms with Crippen LogP contribution >= 0.6 is 23.2 Å². The quantitative estimate of drug-likeness (QED) is 0.0753. The van der Waals surface area contributed by atoms with Crippen molar-refractivity contribution in [2.75, 3.05) is 33.9 Å². The summed E-state index contributed by atoms with van der Waals surface area (Å²) in [6.45, 7) is 2.85. The van der Waals surface area contributed by atoms with Crippen molar-refractivity contribution in [3.05, 3.63) is 152 Å². The second kappa shape index (κ2) is 17.8. The van der Waals surface area contributed by atoms with Crippen molar-refractivity contribution >= 4 is 35.3 Å². The van der Waals surface area contributed by atoms with Crippen LogP contribution in [0, 0.1) is 5.92 Å². The Bertz CT molecular complexity index is 2210. The monoisotopic (exact) mass is 812 g/mol. The Morgan fingerprint density at radius 2 is 1.56 bits per heavy atom. The number of alkyl carbamates (subject to hydrolysis) is 1. The van der Waals surface area contributed by atoms with E-state index in [0.717, 1.165) is 48.3 Å². The van der Waals surface area contributed by atoms with Gasteiger partial charge in [-0.3, -0.25) is 10.1 Å². The van der Waals surface area contributed by atoms with Gasteiger partial charge in [-0.15, -0.1) is 0 Å². The molecule has 0 spiro atoms. The van der Waals surface area contributed by atoms with Crippen molar-refractivity contribution in [2.45, 2.75) is 43.9 Å². The Kier molecular flexibility index (Phi) is 12.4. The first-order valence-corrected chi connectivity index (χ1v) is 19.5. The molecule has 2 bridgehead atoms. The normalized spacial score (nSPS) is 18.3. The number of carbonyl (C=O) groups excluding carboxylic acids is 1. The summed E-state index contributed by atoms with van der Waals surface area (Å²) < 4.78 is 24.4. The van der Waals surface area contributed by atoms with E-state index in [4.69, 9.17) is 42.1 Å². The maximum atomic E-state index is 13.4. The molecule has 5 aromatic rings. The minimum absolute atomic E-state index is 0.00162. The number of halogens is 2. The molecule has 0 radical (unpaired) electrons. The zero-order valence-corrected chi connectivity index (χ0v) is 33.1. The van der Waals surface area contributed by atoms with Crippen molar-refractivity contribution in [3.63, 3.8) is 0 Å². The third-order valence-corrected chi connectivity index (χ3v) is 11.5. The Labute approximate surface area is 341 Å². The lowest BCUT2D eigenvalue weighted by molar-refractivity contribution is -0.904. The van der Waals surface area contributed by atoms with Gasteiger partial charge in [-0.25, -0.2) is 9.59 Å². The molecular weight excluding hydrogens is 769 g/mol. The number of piperidine rings is 3. The second-order valence-electron chi connectivity index (χ2n) is 14.3. The van der Waals surface area contributed by atoms with E-state index in [-0.39, 0.29) is 34.7 Å². The number of carbonyl (C=O) groups is 2. The summed E-state index contributed by atoms with van der Waals surface area (Å²) >= 11 is 13.3. The summed E-state index contributed by atoms with van der Waals surface area (Å²) in [4.78, 5) is 28.7. The van der Waals surface area contributed by atoms with E-state index in [0.29, 0.717) is 45.4 Å². The van der Waals surface area contributed by atoms with Gasteiger partial charge in [-0.2, -0.15) is 0 Å². The number of hydrogen-bond donors (Lipinski definition) is 3. The van der Waals surface area contributed by atoms with Crippen molar-refractivity contribution in [1.29, 1.82) is 0 Å². The van der Waals surface area contributed by atoms with Crippen LogP contribution in [0.15, 0.2) is 103 Å².